The lowest BCUT2D eigenvalue weighted by molar-refractivity contribution is -0.140. The van der Waals surface area contributed by atoms with Gasteiger partial charge in [0, 0.05) is 6.42 Å². The van der Waals surface area contributed by atoms with Crippen molar-refractivity contribution in [1.29, 1.82) is 0 Å². The molecule has 0 aromatic carbocycles. The van der Waals surface area contributed by atoms with E-state index in [1.165, 1.54) is 39.2 Å². The van der Waals surface area contributed by atoms with Gasteiger partial charge >= 0.3 is 5.97 Å². The smallest absolute Gasteiger partial charge is 0.305 e. The molecule has 1 atom stereocenters. The maximum absolute atomic E-state index is 10.9. The minimum atomic E-state index is -0.300. The molecule has 1 N–H and O–H groups in total. The van der Waals surface area contributed by atoms with E-state index in [-0.39, 0.29) is 12.1 Å². The van der Waals surface area contributed by atoms with Gasteiger partial charge in [0.25, 0.3) is 0 Å². The minimum absolute atomic E-state index is 0.105. The van der Waals surface area contributed by atoms with Crippen LogP contribution in [0.1, 0.15) is 77.6 Å². The number of hydrogen-bond acceptors (Lipinski definition) is 3. The first-order valence-corrected chi connectivity index (χ1v) is 8.79. The molecule has 3 heteroatoms. The van der Waals surface area contributed by atoms with Crippen LogP contribution >= 0.6 is 0 Å². The molecule has 0 spiro atoms. The summed E-state index contributed by atoms with van der Waals surface area (Å²) in [6.07, 6.45) is 19.3. The predicted molar refractivity (Wildman–Crippen MR) is 92.8 cm³/mol. The van der Waals surface area contributed by atoms with Gasteiger partial charge in [0.05, 0.1) is 13.2 Å². The van der Waals surface area contributed by atoms with E-state index in [1.807, 2.05) is 18.2 Å². The number of rotatable bonds is 14. The molecule has 0 aromatic heterocycles. The number of ether oxygens (including phenoxy) is 1. The van der Waals surface area contributed by atoms with Crippen molar-refractivity contribution in [3.8, 4) is 0 Å². The zero-order valence-electron chi connectivity index (χ0n) is 14.4. The van der Waals surface area contributed by atoms with Gasteiger partial charge in [-0.2, -0.15) is 0 Å². The maximum atomic E-state index is 10.9. The van der Waals surface area contributed by atoms with Crippen molar-refractivity contribution < 1.29 is 14.6 Å². The Bertz CT molecular complexity index is 308. The zero-order valence-corrected chi connectivity index (χ0v) is 14.4. The summed E-state index contributed by atoms with van der Waals surface area (Å²) in [5, 5.41) is 9.70. The molecule has 0 rings (SSSR count). The summed E-state index contributed by atoms with van der Waals surface area (Å²) < 4.78 is 4.60. The molecule has 0 amide bonds. The van der Waals surface area contributed by atoms with E-state index in [4.69, 9.17) is 0 Å². The number of allylic oxidation sites excluding steroid dienone is 3. The molecule has 0 aliphatic carbocycles. The lowest BCUT2D eigenvalue weighted by Crippen LogP contribution is -2.00. The second kappa shape index (κ2) is 16.3. The van der Waals surface area contributed by atoms with Crippen LogP contribution in [0.4, 0.5) is 0 Å². The lowest BCUT2D eigenvalue weighted by atomic mass is 10.1. The van der Waals surface area contributed by atoms with Crippen molar-refractivity contribution in [2.45, 2.75) is 83.7 Å². The van der Waals surface area contributed by atoms with Crippen LogP contribution in [0, 0.1) is 0 Å². The van der Waals surface area contributed by atoms with E-state index < -0.39 is 0 Å². The van der Waals surface area contributed by atoms with Crippen LogP contribution in [-0.4, -0.2) is 24.3 Å². The van der Waals surface area contributed by atoms with Crippen molar-refractivity contribution in [2.75, 3.05) is 7.11 Å². The monoisotopic (exact) mass is 310 g/mol. The molecule has 0 aliphatic heterocycles. The molecule has 0 unspecified atom stereocenters. The Hall–Kier alpha value is -1.09. The highest BCUT2D eigenvalue weighted by Gasteiger charge is 1.98. The highest BCUT2D eigenvalue weighted by atomic mass is 16.5. The van der Waals surface area contributed by atoms with Crippen LogP contribution in [0.5, 0.6) is 0 Å². The zero-order chi connectivity index (χ0) is 16.5. The molecule has 0 fully saturated rings. The second-order valence-electron chi connectivity index (χ2n) is 5.76. The Morgan fingerprint density at radius 2 is 1.77 bits per heavy atom. The van der Waals surface area contributed by atoms with Crippen LogP contribution in [0.3, 0.4) is 0 Å². The average molecular weight is 310 g/mol. The summed E-state index contributed by atoms with van der Waals surface area (Å²) in [5.74, 6) is -0.105. The fraction of sp³-hybridized carbons (Fsp3) is 0.737. The van der Waals surface area contributed by atoms with E-state index in [1.54, 1.807) is 0 Å². The van der Waals surface area contributed by atoms with Crippen LogP contribution in [-0.2, 0) is 9.53 Å². The highest BCUT2D eigenvalue weighted by molar-refractivity contribution is 5.68. The molecule has 0 aromatic rings. The quantitative estimate of drug-likeness (QED) is 0.281. The number of unbranched alkanes of at least 4 members (excludes halogenated alkanes) is 7. The van der Waals surface area contributed by atoms with Gasteiger partial charge in [0.15, 0.2) is 0 Å². The molecule has 3 nitrogen and oxygen atoms in total. The van der Waals surface area contributed by atoms with Crippen molar-refractivity contribution >= 4 is 5.97 Å². The summed E-state index contributed by atoms with van der Waals surface area (Å²) in [6, 6.07) is 0. The lowest BCUT2D eigenvalue weighted by Gasteiger charge is -2.03. The van der Waals surface area contributed by atoms with E-state index in [0.717, 1.165) is 32.1 Å². The summed E-state index contributed by atoms with van der Waals surface area (Å²) in [7, 11) is 1.44. The number of carbonyl (C=O) groups is 1. The van der Waals surface area contributed by atoms with Crippen LogP contribution in [0.15, 0.2) is 24.3 Å². The first-order chi connectivity index (χ1) is 10.7. The summed E-state index contributed by atoms with van der Waals surface area (Å²) in [5.41, 5.74) is 0. The Balaban J connectivity index is 3.38. The number of aliphatic hydroxyl groups is 1. The van der Waals surface area contributed by atoms with Gasteiger partial charge in [-0.05, 0) is 25.7 Å². The molecule has 0 heterocycles. The number of esters is 1. The van der Waals surface area contributed by atoms with Gasteiger partial charge in [-0.3, -0.25) is 4.79 Å². The molecular weight excluding hydrogens is 276 g/mol. The molecular formula is C19H34O3. The van der Waals surface area contributed by atoms with Gasteiger partial charge in [-0.1, -0.05) is 69.8 Å². The summed E-state index contributed by atoms with van der Waals surface area (Å²) >= 11 is 0. The summed E-state index contributed by atoms with van der Waals surface area (Å²) in [6.45, 7) is 2.17. The number of hydrogen-bond donors (Lipinski definition) is 1. The van der Waals surface area contributed by atoms with Gasteiger partial charge in [-0.15, -0.1) is 0 Å². The molecule has 22 heavy (non-hydrogen) atoms. The Morgan fingerprint density at radius 1 is 1.05 bits per heavy atom. The van der Waals surface area contributed by atoms with Crippen LogP contribution in [0.2, 0.25) is 0 Å². The van der Waals surface area contributed by atoms with E-state index in [9.17, 15) is 9.90 Å². The SMILES string of the molecule is CCCCC[C@H](O)/C=C/C=C/CCCCCCCC(=O)OC. The maximum Gasteiger partial charge on any atom is 0.305 e. The van der Waals surface area contributed by atoms with Crippen LogP contribution in [0.25, 0.3) is 0 Å². The van der Waals surface area contributed by atoms with Crippen LogP contribution < -0.4 is 0 Å². The third-order valence-corrected chi connectivity index (χ3v) is 3.66. The fourth-order valence-electron chi connectivity index (χ4n) is 2.23. The molecule has 0 aliphatic rings. The largest absolute Gasteiger partial charge is 0.469 e. The Labute approximate surface area is 136 Å². The first-order valence-electron chi connectivity index (χ1n) is 8.79. The number of carbonyl (C=O) groups excluding carboxylic acids is 1. The van der Waals surface area contributed by atoms with Gasteiger partial charge in [0.1, 0.15) is 0 Å². The second-order valence-corrected chi connectivity index (χ2v) is 5.76. The van der Waals surface area contributed by atoms with E-state index in [0.29, 0.717) is 6.42 Å². The molecule has 0 saturated carbocycles. The molecule has 128 valence electrons. The van der Waals surface area contributed by atoms with Crippen molar-refractivity contribution in [3.05, 3.63) is 24.3 Å². The highest BCUT2D eigenvalue weighted by Crippen LogP contribution is 2.08. The van der Waals surface area contributed by atoms with E-state index >= 15 is 0 Å². The first kappa shape index (κ1) is 20.9. The average Bonchev–Trinajstić information content (AvgIpc) is 2.52. The van der Waals surface area contributed by atoms with Gasteiger partial charge in [0.2, 0.25) is 0 Å². The van der Waals surface area contributed by atoms with Crippen molar-refractivity contribution in [3.63, 3.8) is 0 Å². The van der Waals surface area contributed by atoms with E-state index in [2.05, 4.69) is 17.7 Å². The van der Waals surface area contributed by atoms with Crippen molar-refractivity contribution in [2.24, 2.45) is 0 Å². The third-order valence-electron chi connectivity index (χ3n) is 3.66. The molecule has 0 bridgehead atoms. The standard InChI is InChI=1S/C19H34O3/c1-3-4-12-15-18(20)16-13-10-8-6-5-7-9-11-14-17-19(21)22-2/h8,10,13,16,18,20H,3-7,9,11-12,14-15,17H2,1-2H3/b10-8+,16-13+/t18-/m0/s1. The summed E-state index contributed by atoms with van der Waals surface area (Å²) in [4.78, 5) is 10.9. The topological polar surface area (TPSA) is 46.5 Å². The minimum Gasteiger partial charge on any atom is -0.469 e. The Kier molecular flexibility index (Phi) is 15.5. The van der Waals surface area contributed by atoms with Gasteiger partial charge < -0.3 is 9.84 Å². The number of aliphatic hydroxyl groups excluding tert-OH is 1. The van der Waals surface area contributed by atoms with Gasteiger partial charge in [-0.25, -0.2) is 0 Å². The number of methoxy groups -OCH3 is 1. The molecule has 0 saturated heterocycles. The fourth-order valence-corrected chi connectivity index (χ4v) is 2.23. The third kappa shape index (κ3) is 15.3. The van der Waals surface area contributed by atoms with Crippen molar-refractivity contribution in [1.82, 2.24) is 0 Å². The normalized spacial score (nSPS) is 13.0. The predicted octanol–water partition coefficient (Wildman–Crippen LogP) is 4.94. The Morgan fingerprint density at radius 3 is 2.50 bits per heavy atom. The molecule has 0 radical (unpaired) electrons.